The molecule has 0 atom stereocenters. The van der Waals surface area contributed by atoms with Crippen LogP contribution in [-0.4, -0.2) is 38.0 Å². The van der Waals surface area contributed by atoms with Crippen LogP contribution in [0.25, 0.3) is 16.7 Å². The van der Waals surface area contributed by atoms with E-state index in [2.05, 4.69) is 24.0 Å². The number of amides is 1. The lowest BCUT2D eigenvalue weighted by atomic mass is 10.2. The van der Waals surface area contributed by atoms with E-state index in [4.69, 9.17) is 0 Å². The maximum absolute atomic E-state index is 13.1. The number of aromatic nitrogens is 3. The summed E-state index contributed by atoms with van der Waals surface area (Å²) in [5, 5.41) is 0.634. The molecular weight excluding hydrogens is 352 g/mol. The fraction of sp³-hybridized carbons (Fsp3) is 0.409. The minimum atomic E-state index is -0.0776. The predicted molar refractivity (Wildman–Crippen MR) is 110 cm³/mol. The first-order valence-corrected chi connectivity index (χ1v) is 9.89. The molecule has 6 heteroatoms. The number of fused-ring (bicyclic) bond motifs is 1. The molecule has 1 aliphatic rings. The molecule has 0 unspecified atom stereocenters. The van der Waals surface area contributed by atoms with Crippen molar-refractivity contribution in [3.63, 3.8) is 0 Å². The van der Waals surface area contributed by atoms with Gasteiger partial charge in [-0.1, -0.05) is 12.1 Å². The average molecular weight is 378 g/mol. The number of aryl methyl sites for hydroxylation is 3. The average Bonchev–Trinajstić information content (AvgIpc) is 3.29. The van der Waals surface area contributed by atoms with E-state index in [1.807, 2.05) is 35.4 Å². The van der Waals surface area contributed by atoms with E-state index in [-0.39, 0.29) is 11.5 Å². The summed E-state index contributed by atoms with van der Waals surface area (Å²) in [4.78, 5) is 31.9. The Morgan fingerprint density at radius 3 is 2.61 bits per heavy atom. The molecule has 1 saturated heterocycles. The van der Waals surface area contributed by atoms with E-state index in [0.29, 0.717) is 24.0 Å². The van der Waals surface area contributed by atoms with Crippen LogP contribution in [0.15, 0.2) is 35.4 Å². The van der Waals surface area contributed by atoms with E-state index in [9.17, 15) is 9.59 Å². The van der Waals surface area contributed by atoms with Gasteiger partial charge in [0, 0.05) is 37.4 Å². The van der Waals surface area contributed by atoms with Gasteiger partial charge in [0.1, 0.15) is 0 Å². The largest absolute Gasteiger partial charge is 0.343 e. The minimum Gasteiger partial charge on any atom is -0.343 e. The van der Waals surface area contributed by atoms with Crippen LogP contribution in [0.3, 0.4) is 0 Å². The van der Waals surface area contributed by atoms with Crippen LogP contribution in [0.4, 0.5) is 0 Å². The number of rotatable bonds is 4. The second-order valence-corrected chi connectivity index (χ2v) is 7.66. The van der Waals surface area contributed by atoms with Gasteiger partial charge in [-0.05, 0) is 56.9 Å². The zero-order valence-electron chi connectivity index (χ0n) is 16.7. The molecule has 1 amide bonds. The fourth-order valence-corrected chi connectivity index (χ4v) is 4.07. The highest BCUT2D eigenvalue weighted by Gasteiger charge is 2.20. The van der Waals surface area contributed by atoms with Crippen molar-refractivity contribution in [2.45, 2.75) is 46.6 Å². The third-order valence-electron chi connectivity index (χ3n) is 5.77. The van der Waals surface area contributed by atoms with E-state index in [1.54, 1.807) is 10.9 Å². The summed E-state index contributed by atoms with van der Waals surface area (Å²) >= 11 is 0. The zero-order valence-corrected chi connectivity index (χ0v) is 16.7. The second kappa shape index (κ2) is 7.26. The number of likely N-dealkylation sites (tertiary alicyclic amines) is 1. The number of benzene rings is 1. The van der Waals surface area contributed by atoms with Gasteiger partial charge in [0.25, 0.3) is 5.56 Å². The normalized spacial score (nSPS) is 14.2. The molecule has 3 aromatic rings. The molecule has 28 heavy (non-hydrogen) atoms. The Balaban J connectivity index is 1.71. The molecule has 0 bridgehead atoms. The molecule has 1 aromatic carbocycles. The van der Waals surface area contributed by atoms with Crippen LogP contribution < -0.4 is 5.56 Å². The van der Waals surface area contributed by atoms with Crippen LogP contribution in [-0.2, 0) is 11.3 Å². The summed E-state index contributed by atoms with van der Waals surface area (Å²) in [6.07, 6.45) is 4.06. The van der Waals surface area contributed by atoms with E-state index < -0.39 is 0 Å². The molecular formula is C22H26N4O2. The quantitative estimate of drug-likeness (QED) is 0.701. The van der Waals surface area contributed by atoms with Gasteiger partial charge in [-0.25, -0.2) is 4.98 Å². The molecule has 2 aromatic heterocycles. The number of nitrogens with zero attached hydrogens (tertiary/aromatic N) is 4. The maximum Gasteiger partial charge on any atom is 0.263 e. The van der Waals surface area contributed by atoms with Gasteiger partial charge in [0.2, 0.25) is 5.91 Å². The van der Waals surface area contributed by atoms with Crippen molar-refractivity contribution < 1.29 is 4.79 Å². The van der Waals surface area contributed by atoms with Crippen molar-refractivity contribution in [1.29, 1.82) is 0 Å². The van der Waals surface area contributed by atoms with Crippen LogP contribution in [0.1, 0.15) is 36.1 Å². The number of carbonyl (C=O) groups is 1. The standard InChI is InChI=1S/C22H26N4O2/c1-15-7-6-8-18(13-15)26-17(3)16(2)20-21(26)23-14-25(22(20)28)12-9-19(27)24-10-4-5-11-24/h6-8,13-14H,4-5,9-12H2,1-3H3. The lowest BCUT2D eigenvalue weighted by Crippen LogP contribution is -2.30. The molecule has 1 aliphatic heterocycles. The van der Waals surface area contributed by atoms with Gasteiger partial charge in [-0.2, -0.15) is 0 Å². The second-order valence-electron chi connectivity index (χ2n) is 7.66. The lowest BCUT2D eigenvalue weighted by molar-refractivity contribution is -0.130. The van der Waals surface area contributed by atoms with Crippen LogP contribution in [0, 0.1) is 20.8 Å². The van der Waals surface area contributed by atoms with Gasteiger partial charge in [0.05, 0.1) is 11.7 Å². The van der Waals surface area contributed by atoms with E-state index >= 15 is 0 Å². The molecule has 0 aliphatic carbocycles. The Hall–Kier alpha value is -2.89. The summed E-state index contributed by atoms with van der Waals surface area (Å²) in [5.41, 5.74) is 4.71. The SMILES string of the molecule is Cc1cccc(-n2c(C)c(C)c3c(=O)n(CCC(=O)N4CCCC4)cnc32)c1. The highest BCUT2D eigenvalue weighted by Crippen LogP contribution is 2.25. The van der Waals surface area contributed by atoms with Gasteiger partial charge in [0.15, 0.2) is 5.65 Å². The van der Waals surface area contributed by atoms with Gasteiger partial charge in [-0.3, -0.25) is 18.7 Å². The third-order valence-corrected chi connectivity index (χ3v) is 5.77. The maximum atomic E-state index is 13.1. The molecule has 146 valence electrons. The predicted octanol–water partition coefficient (Wildman–Crippen LogP) is 3.12. The monoisotopic (exact) mass is 378 g/mol. The molecule has 0 N–H and O–H groups in total. The van der Waals surface area contributed by atoms with Crippen molar-refractivity contribution in [3.05, 3.63) is 57.8 Å². The summed E-state index contributed by atoms with van der Waals surface area (Å²) in [7, 11) is 0. The van der Waals surface area contributed by atoms with Gasteiger partial charge < -0.3 is 4.90 Å². The Morgan fingerprint density at radius 2 is 1.89 bits per heavy atom. The summed E-state index contributed by atoms with van der Waals surface area (Å²) in [6.45, 7) is 8.07. The Morgan fingerprint density at radius 1 is 1.14 bits per heavy atom. The minimum absolute atomic E-state index is 0.0776. The number of hydrogen-bond donors (Lipinski definition) is 0. The first kappa shape index (κ1) is 18.5. The van der Waals surface area contributed by atoms with Crippen LogP contribution >= 0.6 is 0 Å². The molecule has 0 spiro atoms. The number of carbonyl (C=O) groups excluding carboxylic acids is 1. The fourth-order valence-electron chi connectivity index (χ4n) is 4.07. The van der Waals surface area contributed by atoms with Gasteiger partial charge >= 0.3 is 0 Å². The topological polar surface area (TPSA) is 60.1 Å². The Bertz CT molecular complexity index is 1100. The van der Waals surface area contributed by atoms with E-state index in [1.165, 1.54) is 0 Å². The number of hydrogen-bond acceptors (Lipinski definition) is 3. The molecule has 0 radical (unpaired) electrons. The van der Waals surface area contributed by atoms with Crippen molar-refractivity contribution in [2.75, 3.05) is 13.1 Å². The lowest BCUT2D eigenvalue weighted by Gasteiger charge is -2.15. The first-order valence-electron chi connectivity index (χ1n) is 9.89. The highest BCUT2D eigenvalue weighted by atomic mass is 16.2. The zero-order chi connectivity index (χ0) is 19.8. The van der Waals surface area contributed by atoms with Crippen molar-refractivity contribution in [1.82, 2.24) is 19.0 Å². The first-order chi connectivity index (χ1) is 13.5. The molecule has 3 heterocycles. The Labute approximate surface area is 164 Å². The smallest absolute Gasteiger partial charge is 0.263 e. The van der Waals surface area contributed by atoms with E-state index in [0.717, 1.165) is 48.4 Å². The molecule has 0 saturated carbocycles. The molecule has 4 rings (SSSR count). The summed E-state index contributed by atoms with van der Waals surface area (Å²) < 4.78 is 3.61. The van der Waals surface area contributed by atoms with Crippen molar-refractivity contribution in [3.8, 4) is 5.69 Å². The summed E-state index contributed by atoms with van der Waals surface area (Å²) in [5.74, 6) is 0.120. The third kappa shape index (κ3) is 3.13. The Kier molecular flexibility index (Phi) is 4.79. The molecule has 1 fully saturated rings. The van der Waals surface area contributed by atoms with Gasteiger partial charge in [-0.15, -0.1) is 0 Å². The molecule has 6 nitrogen and oxygen atoms in total. The van der Waals surface area contributed by atoms with Crippen molar-refractivity contribution in [2.24, 2.45) is 0 Å². The highest BCUT2D eigenvalue weighted by molar-refractivity contribution is 5.83. The van der Waals surface area contributed by atoms with Crippen LogP contribution in [0.2, 0.25) is 0 Å². The summed E-state index contributed by atoms with van der Waals surface area (Å²) in [6, 6.07) is 8.18. The van der Waals surface area contributed by atoms with Crippen molar-refractivity contribution >= 4 is 16.9 Å². The van der Waals surface area contributed by atoms with Crippen LogP contribution in [0.5, 0.6) is 0 Å².